The number of hydrogen-bond acceptors (Lipinski definition) is 6. The standard InChI is InChI=1S/C20H16N4O5/c1-28-13-5-4-12-9-24(17(25)14(12)8-13)10-20(18(26)22-19(27)23-20)15-7-11-3-2-6-21-16(11)29-15/h2-9,25H,10H2,1H3,(H2,22,23,26,27)/t20-/m0/s1. The summed E-state index contributed by atoms with van der Waals surface area (Å²) in [6, 6.07) is 9.85. The summed E-state index contributed by atoms with van der Waals surface area (Å²) in [6.07, 6.45) is 3.28. The second-order valence-electron chi connectivity index (χ2n) is 6.86. The molecule has 0 bridgehead atoms. The quantitative estimate of drug-likeness (QED) is 0.458. The van der Waals surface area contributed by atoms with Crippen LogP contribution in [0.4, 0.5) is 4.79 Å². The van der Waals surface area contributed by atoms with E-state index in [1.54, 1.807) is 48.8 Å². The van der Waals surface area contributed by atoms with Gasteiger partial charge in [-0.05, 0) is 36.4 Å². The van der Waals surface area contributed by atoms with Gasteiger partial charge >= 0.3 is 6.03 Å². The van der Waals surface area contributed by atoms with Crippen molar-refractivity contribution in [3.05, 3.63) is 54.6 Å². The molecule has 5 rings (SSSR count). The van der Waals surface area contributed by atoms with Crippen molar-refractivity contribution in [2.75, 3.05) is 7.11 Å². The van der Waals surface area contributed by atoms with Crippen molar-refractivity contribution in [1.82, 2.24) is 20.2 Å². The minimum Gasteiger partial charge on any atom is -0.497 e. The van der Waals surface area contributed by atoms with E-state index in [9.17, 15) is 14.7 Å². The van der Waals surface area contributed by atoms with Gasteiger partial charge < -0.3 is 24.1 Å². The Labute approximate surface area is 163 Å². The van der Waals surface area contributed by atoms with Crippen LogP contribution in [0.1, 0.15) is 5.76 Å². The summed E-state index contributed by atoms with van der Waals surface area (Å²) in [5.74, 6) is 0.192. The number of pyridine rings is 1. The van der Waals surface area contributed by atoms with E-state index in [1.165, 1.54) is 11.7 Å². The number of furan rings is 1. The first-order valence-electron chi connectivity index (χ1n) is 8.85. The molecule has 9 nitrogen and oxygen atoms in total. The zero-order valence-corrected chi connectivity index (χ0v) is 15.3. The molecule has 0 aliphatic carbocycles. The molecular formula is C20H16N4O5. The maximum Gasteiger partial charge on any atom is 0.322 e. The van der Waals surface area contributed by atoms with Gasteiger partial charge in [-0.2, -0.15) is 0 Å². The third-order valence-corrected chi connectivity index (χ3v) is 5.13. The van der Waals surface area contributed by atoms with Gasteiger partial charge in [0, 0.05) is 28.6 Å². The first kappa shape index (κ1) is 17.1. The molecule has 1 saturated heterocycles. The molecule has 4 heterocycles. The topological polar surface area (TPSA) is 119 Å². The Bertz CT molecular complexity index is 1260. The van der Waals surface area contributed by atoms with Crippen LogP contribution in [0.25, 0.3) is 21.9 Å². The highest BCUT2D eigenvalue weighted by atomic mass is 16.5. The highest BCUT2D eigenvalue weighted by molar-refractivity contribution is 6.07. The van der Waals surface area contributed by atoms with Gasteiger partial charge in [-0.25, -0.2) is 9.78 Å². The van der Waals surface area contributed by atoms with Gasteiger partial charge in [-0.1, -0.05) is 0 Å². The van der Waals surface area contributed by atoms with Crippen molar-refractivity contribution >= 4 is 33.8 Å². The molecule has 0 unspecified atom stereocenters. The van der Waals surface area contributed by atoms with E-state index in [1.807, 2.05) is 0 Å². The van der Waals surface area contributed by atoms with Crippen LogP contribution in [0.3, 0.4) is 0 Å². The second kappa shape index (κ2) is 5.99. The van der Waals surface area contributed by atoms with Crippen molar-refractivity contribution in [2.45, 2.75) is 12.1 Å². The number of urea groups is 1. The van der Waals surface area contributed by atoms with Gasteiger partial charge in [0.15, 0.2) is 11.4 Å². The largest absolute Gasteiger partial charge is 0.497 e. The van der Waals surface area contributed by atoms with Crippen LogP contribution in [0.5, 0.6) is 11.6 Å². The molecule has 146 valence electrons. The summed E-state index contributed by atoms with van der Waals surface area (Å²) >= 11 is 0. The highest BCUT2D eigenvalue weighted by Gasteiger charge is 2.51. The summed E-state index contributed by atoms with van der Waals surface area (Å²) in [4.78, 5) is 29.0. The Morgan fingerprint density at radius 2 is 2.10 bits per heavy atom. The Hall–Kier alpha value is -4.01. The molecule has 1 aromatic carbocycles. The molecule has 9 heteroatoms. The van der Waals surface area contributed by atoms with Crippen molar-refractivity contribution < 1.29 is 23.8 Å². The first-order chi connectivity index (χ1) is 14.0. The van der Waals surface area contributed by atoms with E-state index in [0.29, 0.717) is 22.2 Å². The van der Waals surface area contributed by atoms with Crippen molar-refractivity contribution in [3.63, 3.8) is 0 Å². The predicted octanol–water partition coefficient (Wildman–Crippen LogP) is 2.23. The van der Waals surface area contributed by atoms with Gasteiger partial charge in [-0.3, -0.25) is 10.1 Å². The number of nitrogens with zero attached hydrogens (tertiary/aromatic N) is 2. The molecule has 29 heavy (non-hydrogen) atoms. The second-order valence-corrected chi connectivity index (χ2v) is 6.86. The van der Waals surface area contributed by atoms with E-state index in [4.69, 9.17) is 9.15 Å². The third kappa shape index (κ3) is 2.51. The molecular weight excluding hydrogens is 376 g/mol. The molecule has 1 aliphatic rings. The van der Waals surface area contributed by atoms with Crippen LogP contribution in [0.15, 0.2) is 53.2 Å². The third-order valence-electron chi connectivity index (χ3n) is 5.13. The maximum atomic E-state index is 12.8. The fourth-order valence-corrected chi connectivity index (χ4v) is 3.67. The lowest BCUT2D eigenvalue weighted by Gasteiger charge is -2.24. The van der Waals surface area contributed by atoms with Crippen molar-refractivity contribution in [3.8, 4) is 11.6 Å². The molecule has 1 aliphatic heterocycles. The summed E-state index contributed by atoms with van der Waals surface area (Å²) in [5, 5.41) is 17.7. The summed E-state index contributed by atoms with van der Waals surface area (Å²) < 4.78 is 12.5. The fraction of sp³-hybridized carbons (Fsp3) is 0.150. The molecule has 4 aromatic rings. The van der Waals surface area contributed by atoms with Crippen molar-refractivity contribution in [2.24, 2.45) is 0 Å². The van der Waals surface area contributed by atoms with Gasteiger partial charge in [0.2, 0.25) is 5.71 Å². The highest BCUT2D eigenvalue weighted by Crippen LogP contribution is 2.36. The average molecular weight is 392 g/mol. The molecule has 1 fully saturated rings. The van der Waals surface area contributed by atoms with Crippen LogP contribution in [-0.4, -0.2) is 33.7 Å². The van der Waals surface area contributed by atoms with Gasteiger partial charge in [0.25, 0.3) is 5.91 Å². The Balaban J connectivity index is 1.65. The number of nitrogens with one attached hydrogen (secondary N) is 2. The van der Waals surface area contributed by atoms with E-state index in [-0.39, 0.29) is 18.2 Å². The van der Waals surface area contributed by atoms with Crippen LogP contribution < -0.4 is 15.4 Å². The molecule has 3 N–H and O–H groups in total. The number of carbonyl (C=O) groups excluding carboxylic acids is 2. The molecule has 3 amide bonds. The monoisotopic (exact) mass is 392 g/mol. The summed E-state index contributed by atoms with van der Waals surface area (Å²) in [7, 11) is 1.54. The molecule has 0 radical (unpaired) electrons. The Morgan fingerprint density at radius 3 is 2.83 bits per heavy atom. The lowest BCUT2D eigenvalue weighted by atomic mass is 9.96. The molecule has 3 aromatic heterocycles. The summed E-state index contributed by atoms with van der Waals surface area (Å²) in [6.45, 7) is -0.0762. The lowest BCUT2D eigenvalue weighted by Crippen LogP contribution is -2.47. The Kier molecular flexibility index (Phi) is 3.54. The smallest absolute Gasteiger partial charge is 0.322 e. The number of aromatic hydroxyl groups is 1. The zero-order chi connectivity index (χ0) is 20.2. The number of rotatable bonds is 4. The number of imide groups is 1. The van der Waals surface area contributed by atoms with Crippen LogP contribution in [-0.2, 0) is 16.9 Å². The number of amides is 3. The van der Waals surface area contributed by atoms with E-state index < -0.39 is 17.5 Å². The zero-order valence-electron chi connectivity index (χ0n) is 15.3. The molecule has 0 spiro atoms. The molecule has 1 atom stereocenters. The van der Waals surface area contributed by atoms with E-state index in [0.717, 1.165) is 5.39 Å². The predicted molar refractivity (Wildman–Crippen MR) is 103 cm³/mol. The van der Waals surface area contributed by atoms with Crippen LogP contribution in [0.2, 0.25) is 0 Å². The number of hydrogen-bond donors (Lipinski definition) is 3. The minimum absolute atomic E-state index is 0.0542. The SMILES string of the molecule is COc1ccc2cn(C[C@@]3(c4cc5cccnc5o4)NC(=O)NC3=O)c(O)c2c1. The number of carbonyl (C=O) groups is 2. The number of fused-ring (bicyclic) bond motifs is 2. The van der Waals surface area contributed by atoms with E-state index in [2.05, 4.69) is 15.6 Å². The number of benzene rings is 1. The van der Waals surface area contributed by atoms with Crippen molar-refractivity contribution in [1.29, 1.82) is 0 Å². The van der Waals surface area contributed by atoms with Gasteiger partial charge in [-0.15, -0.1) is 0 Å². The minimum atomic E-state index is -1.53. The first-order valence-corrected chi connectivity index (χ1v) is 8.85. The fourth-order valence-electron chi connectivity index (χ4n) is 3.67. The average Bonchev–Trinajstić information content (AvgIpc) is 3.36. The van der Waals surface area contributed by atoms with Gasteiger partial charge in [0.05, 0.1) is 13.7 Å². The van der Waals surface area contributed by atoms with Gasteiger partial charge in [0.1, 0.15) is 11.5 Å². The summed E-state index contributed by atoms with van der Waals surface area (Å²) in [5.41, 5.74) is -1.18. The Morgan fingerprint density at radius 1 is 1.24 bits per heavy atom. The normalized spacial score (nSPS) is 18.9. The number of methoxy groups -OCH3 is 1. The van der Waals surface area contributed by atoms with Crippen LogP contribution in [0, 0.1) is 0 Å². The van der Waals surface area contributed by atoms with Crippen LogP contribution >= 0.6 is 0 Å². The number of ether oxygens (including phenoxy) is 1. The number of aromatic nitrogens is 2. The molecule has 0 saturated carbocycles. The lowest BCUT2D eigenvalue weighted by molar-refractivity contribution is -0.125. The maximum absolute atomic E-state index is 12.8. The van der Waals surface area contributed by atoms with E-state index >= 15 is 0 Å².